The van der Waals surface area contributed by atoms with Gasteiger partial charge < -0.3 is 5.32 Å². The molecule has 0 aliphatic heterocycles. The largest absolute Gasteiger partial charge is 0.351 e. The van der Waals surface area contributed by atoms with Crippen LogP contribution in [0, 0.1) is 18.3 Å². The van der Waals surface area contributed by atoms with Crippen molar-refractivity contribution in [3.05, 3.63) is 29.3 Å². The van der Waals surface area contributed by atoms with E-state index in [0.717, 1.165) is 5.92 Å². The molecule has 0 bridgehead atoms. The van der Waals surface area contributed by atoms with E-state index in [9.17, 15) is 13.2 Å². The highest BCUT2D eigenvalue weighted by Crippen LogP contribution is 2.60. The Morgan fingerprint density at radius 2 is 2.00 bits per heavy atom. The molecule has 5 nitrogen and oxygen atoms in total. The summed E-state index contributed by atoms with van der Waals surface area (Å²) in [5.41, 5.74) is 1.38. The van der Waals surface area contributed by atoms with Crippen LogP contribution >= 0.6 is 0 Å². The number of primary sulfonamides is 1. The van der Waals surface area contributed by atoms with Crippen LogP contribution in [0.25, 0.3) is 0 Å². The Kier molecular flexibility index (Phi) is 3.33. The molecule has 3 N–H and O–H groups in total. The van der Waals surface area contributed by atoms with E-state index in [-0.39, 0.29) is 10.8 Å². The SMILES string of the molecule is Cc1cc(C(=O)NCC2(C3CC3)CC2)cc(S(N)(=O)=O)c1. The molecule has 114 valence electrons. The summed E-state index contributed by atoms with van der Waals surface area (Å²) < 4.78 is 22.9. The number of nitrogens with one attached hydrogen (secondary N) is 1. The van der Waals surface area contributed by atoms with Crippen molar-refractivity contribution in [3.8, 4) is 0 Å². The van der Waals surface area contributed by atoms with Crippen LogP contribution < -0.4 is 10.5 Å². The zero-order chi connectivity index (χ0) is 15.3. The van der Waals surface area contributed by atoms with Crippen LogP contribution in [0.5, 0.6) is 0 Å². The highest BCUT2D eigenvalue weighted by atomic mass is 32.2. The Balaban J connectivity index is 1.73. The van der Waals surface area contributed by atoms with Gasteiger partial charge in [0.2, 0.25) is 10.0 Å². The van der Waals surface area contributed by atoms with Gasteiger partial charge in [0.05, 0.1) is 4.90 Å². The maximum absolute atomic E-state index is 12.2. The third kappa shape index (κ3) is 3.11. The molecule has 0 unspecified atom stereocenters. The van der Waals surface area contributed by atoms with Gasteiger partial charge in [-0.05, 0) is 67.7 Å². The van der Waals surface area contributed by atoms with Crippen molar-refractivity contribution in [2.24, 2.45) is 16.5 Å². The van der Waals surface area contributed by atoms with Crippen LogP contribution in [0.2, 0.25) is 0 Å². The Bertz CT molecular complexity index is 689. The quantitative estimate of drug-likeness (QED) is 0.865. The zero-order valence-corrected chi connectivity index (χ0v) is 12.9. The third-order valence-corrected chi connectivity index (χ3v) is 5.47. The van der Waals surface area contributed by atoms with Gasteiger partial charge in [-0.2, -0.15) is 0 Å². The molecule has 1 aromatic rings. The molecule has 2 aliphatic carbocycles. The smallest absolute Gasteiger partial charge is 0.251 e. The van der Waals surface area contributed by atoms with E-state index in [2.05, 4.69) is 5.32 Å². The number of carbonyl (C=O) groups is 1. The van der Waals surface area contributed by atoms with E-state index in [0.29, 0.717) is 23.1 Å². The minimum Gasteiger partial charge on any atom is -0.351 e. The van der Waals surface area contributed by atoms with Gasteiger partial charge in [-0.25, -0.2) is 13.6 Å². The van der Waals surface area contributed by atoms with Crippen molar-refractivity contribution >= 4 is 15.9 Å². The second-order valence-corrected chi connectivity index (χ2v) is 7.96. The van der Waals surface area contributed by atoms with E-state index < -0.39 is 10.0 Å². The number of rotatable bonds is 5. The fraction of sp³-hybridized carbons (Fsp3) is 0.533. The van der Waals surface area contributed by atoms with Crippen LogP contribution in [0.15, 0.2) is 23.1 Å². The lowest BCUT2D eigenvalue weighted by molar-refractivity contribution is 0.0942. The average molecular weight is 308 g/mol. The summed E-state index contributed by atoms with van der Waals surface area (Å²) in [4.78, 5) is 12.2. The van der Waals surface area contributed by atoms with Crippen molar-refractivity contribution in [1.82, 2.24) is 5.32 Å². The lowest BCUT2D eigenvalue weighted by atomic mass is 10.0. The highest BCUT2D eigenvalue weighted by Gasteiger charge is 2.53. The van der Waals surface area contributed by atoms with Crippen LogP contribution in [-0.2, 0) is 10.0 Å². The van der Waals surface area contributed by atoms with E-state index in [1.807, 2.05) is 0 Å². The van der Waals surface area contributed by atoms with Crippen molar-refractivity contribution in [3.63, 3.8) is 0 Å². The summed E-state index contributed by atoms with van der Waals surface area (Å²) in [6.45, 7) is 2.44. The second-order valence-electron chi connectivity index (χ2n) is 6.40. The van der Waals surface area contributed by atoms with Gasteiger partial charge in [0, 0.05) is 12.1 Å². The van der Waals surface area contributed by atoms with Crippen molar-refractivity contribution in [1.29, 1.82) is 0 Å². The second kappa shape index (κ2) is 4.81. The number of aryl methyl sites for hydroxylation is 1. The van der Waals surface area contributed by atoms with Gasteiger partial charge in [0.15, 0.2) is 0 Å². The molecule has 21 heavy (non-hydrogen) atoms. The van der Waals surface area contributed by atoms with E-state index in [1.165, 1.54) is 37.8 Å². The minimum absolute atomic E-state index is 0.0176. The van der Waals surface area contributed by atoms with Gasteiger partial charge in [-0.15, -0.1) is 0 Å². The molecule has 6 heteroatoms. The molecule has 2 fully saturated rings. The number of hydrogen-bond donors (Lipinski definition) is 2. The zero-order valence-electron chi connectivity index (χ0n) is 12.1. The first-order valence-electron chi connectivity index (χ1n) is 7.23. The minimum atomic E-state index is -3.80. The maximum atomic E-state index is 12.2. The maximum Gasteiger partial charge on any atom is 0.251 e. The number of amides is 1. The van der Waals surface area contributed by atoms with Crippen LogP contribution in [0.3, 0.4) is 0 Å². The monoisotopic (exact) mass is 308 g/mol. The molecule has 0 saturated heterocycles. The lowest BCUT2D eigenvalue weighted by Crippen LogP contribution is -2.31. The number of benzene rings is 1. The Labute approximate surface area is 125 Å². The molecule has 2 aliphatic rings. The molecule has 0 spiro atoms. The highest BCUT2D eigenvalue weighted by molar-refractivity contribution is 7.89. The first kappa shape index (κ1) is 14.5. The predicted molar refractivity (Wildman–Crippen MR) is 79.3 cm³/mol. The molecule has 0 heterocycles. The predicted octanol–water partition coefficient (Wildman–Crippen LogP) is 1.56. The first-order chi connectivity index (χ1) is 9.80. The normalized spacial score (nSPS) is 20.1. The molecule has 1 aromatic carbocycles. The van der Waals surface area contributed by atoms with Gasteiger partial charge in [-0.1, -0.05) is 0 Å². The van der Waals surface area contributed by atoms with E-state index >= 15 is 0 Å². The molecule has 0 atom stereocenters. The molecule has 3 rings (SSSR count). The Morgan fingerprint density at radius 3 is 2.52 bits per heavy atom. The van der Waals surface area contributed by atoms with Crippen molar-refractivity contribution in [2.45, 2.75) is 37.5 Å². The Morgan fingerprint density at radius 1 is 1.33 bits per heavy atom. The molecule has 1 amide bonds. The van der Waals surface area contributed by atoms with Crippen molar-refractivity contribution in [2.75, 3.05) is 6.54 Å². The van der Waals surface area contributed by atoms with Crippen LogP contribution in [-0.4, -0.2) is 20.9 Å². The number of sulfonamides is 1. The summed E-state index contributed by atoms with van der Waals surface area (Å²) in [6, 6.07) is 4.49. The van der Waals surface area contributed by atoms with Gasteiger partial charge in [0.1, 0.15) is 0 Å². The summed E-state index contributed by atoms with van der Waals surface area (Å²) in [6.07, 6.45) is 4.92. The van der Waals surface area contributed by atoms with Crippen LogP contribution in [0.1, 0.15) is 41.6 Å². The standard InChI is InChI=1S/C15H20N2O3S/c1-10-6-11(8-13(7-10)21(16,19)20)14(18)17-9-15(4-5-15)12-2-3-12/h6-8,12H,2-5,9H2,1H3,(H,17,18)(H2,16,19,20). The molecule has 0 radical (unpaired) electrons. The summed E-state index contributed by atoms with van der Waals surface area (Å²) in [5.74, 6) is 0.547. The van der Waals surface area contributed by atoms with Crippen LogP contribution in [0.4, 0.5) is 0 Å². The summed E-state index contributed by atoms with van der Waals surface area (Å²) in [5, 5.41) is 8.09. The Hall–Kier alpha value is -1.40. The number of carbonyl (C=O) groups excluding carboxylic acids is 1. The number of hydrogen-bond acceptors (Lipinski definition) is 3. The van der Waals surface area contributed by atoms with E-state index in [4.69, 9.17) is 5.14 Å². The summed E-state index contributed by atoms with van der Waals surface area (Å²) in [7, 11) is -3.80. The topological polar surface area (TPSA) is 89.3 Å². The molecule has 2 saturated carbocycles. The van der Waals surface area contributed by atoms with Gasteiger partial charge >= 0.3 is 0 Å². The van der Waals surface area contributed by atoms with E-state index in [1.54, 1.807) is 13.0 Å². The average Bonchev–Trinajstić information content (AvgIpc) is 3.25. The third-order valence-electron chi connectivity index (χ3n) is 4.58. The first-order valence-corrected chi connectivity index (χ1v) is 8.78. The molecular formula is C15H20N2O3S. The fourth-order valence-corrected chi connectivity index (χ4v) is 3.63. The molecular weight excluding hydrogens is 288 g/mol. The molecule has 0 aromatic heterocycles. The number of nitrogens with two attached hydrogens (primary N) is 1. The van der Waals surface area contributed by atoms with Crippen molar-refractivity contribution < 1.29 is 13.2 Å². The fourth-order valence-electron chi connectivity index (χ4n) is 2.99. The summed E-state index contributed by atoms with van der Waals surface area (Å²) >= 11 is 0. The van der Waals surface area contributed by atoms with Gasteiger partial charge in [-0.3, -0.25) is 4.79 Å². The van der Waals surface area contributed by atoms with Gasteiger partial charge in [0.25, 0.3) is 5.91 Å². The lowest BCUT2D eigenvalue weighted by Gasteiger charge is -2.15.